The molecule has 0 saturated carbocycles. The quantitative estimate of drug-likeness (QED) is 0.741. The van der Waals surface area contributed by atoms with Crippen LogP contribution in [0.3, 0.4) is 0 Å². The summed E-state index contributed by atoms with van der Waals surface area (Å²) in [7, 11) is 0. The van der Waals surface area contributed by atoms with Crippen molar-refractivity contribution >= 4 is 27.5 Å². The minimum Gasteiger partial charge on any atom is -0.508 e. The fraction of sp³-hybridized carbons (Fsp3) is 0.333. The Morgan fingerprint density at radius 1 is 1.36 bits per heavy atom. The van der Waals surface area contributed by atoms with Gasteiger partial charge >= 0.3 is 0 Å². The summed E-state index contributed by atoms with van der Waals surface area (Å²) in [5, 5.41) is 29.0. The highest BCUT2D eigenvalue weighted by Crippen LogP contribution is 2.29. The molecule has 3 nitrogen and oxygen atoms in total. The molecule has 1 rings (SSSR count). The lowest BCUT2D eigenvalue weighted by atomic mass is 10.0. The van der Waals surface area contributed by atoms with Crippen molar-refractivity contribution in [1.29, 1.82) is 0 Å². The number of aliphatic hydroxyl groups excluding tert-OH is 2. The van der Waals surface area contributed by atoms with Gasteiger partial charge in [0.25, 0.3) is 0 Å². The van der Waals surface area contributed by atoms with Crippen LogP contribution < -0.4 is 0 Å². The van der Waals surface area contributed by atoms with Crippen molar-refractivity contribution in [3.63, 3.8) is 0 Å². The second-order valence-electron chi connectivity index (χ2n) is 2.87. The third-order valence-electron chi connectivity index (χ3n) is 1.83. The first-order valence-corrected chi connectivity index (χ1v) is 5.46. The molecule has 0 aliphatic rings. The molecule has 1 aromatic rings. The van der Waals surface area contributed by atoms with Crippen LogP contribution in [0.4, 0.5) is 0 Å². The third-order valence-corrected chi connectivity index (χ3v) is 2.73. The Bertz CT molecular complexity index is 319. The van der Waals surface area contributed by atoms with Gasteiger partial charge in [-0.1, -0.05) is 33.6 Å². The maximum atomic E-state index is 9.58. The Kier molecular flexibility index (Phi) is 4.19. The Morgan fingerprint density at radius 3 is 2.50 bits per heavy atom. The average molecular weight is 282 g/mol. The summed E-state index contributed by atoms with van der Waals surface area (Å²) in [6.45, 7) is 0. The molecule has 78 valence electrons. The Balaban J connectivity index is 2.95. The van der Waals surface area contributed by atoms with Gasteiger partial charge in [-0.15, -0.1) is 0 Å². The molecule has 0 aromatic heterocycles. The number of hydrogen-bond acceptors (Lipinski definition) is 3. The molecule has 0 heterocycles. The van der Waals surface area contributed by atoms with E-state index in [4.69, 9.17) is 11.6 Å². The molecule has 0 aliphatic heterocycles. The second kappa shape index (κ2) is 4.98. The molecule has 0 amide bonds. The smallest absolute Gasteiger partial charge is 0.122 e. The second-order valence-corrected chi connectivity index (χ2v) is 3.95. The number of aliphatic hydroxyl groups is 2. The van der Waals surface area contributed by atoms with Crippen molar-refractivity contribution < 1.29 is 15.3 Å². The van der Waals surface area contributed by atoms with Crippen LogP contribution in [0.1, 0.15) is 11.7 Å². The number of hydrogen-bond donors (Lipinski definition) is 3. The van der Waals surface area contributed by atoms with Crippen LogP contribution >= 0.6 is 27.5 Å². The van der Waals surface area contributed by atoms with Gasteiger partial charge in [0.2, 0.25) is 0 Å². The van der Waals surface area contributed by atoms with Gasteiger partial charge in [-0.25, -0.2) is 0 Å². The predicted octanol–water partition coefficient (Wildman–Crippen LogP) is 1.83. The normalized spacial score (nSPS) is 15.1. The molecular weight excluding hydrogens is 271 g/mol. The molecule has 0 saturated heterocycles. The topological polar surface area (TPSA) is 60.7 Å². The summed E-state index contributed by atoms with van der Waals surface area (Å²) in [4.78, 5) is 0. The minimum atomic E-state index is -1.12. The third kappa shape index (κ3) is 2.60. The van der Waals surface area contributed by atoms with Gasteiger partial charge in [0.1, 0.15) is 11.9 Å². The largest absolute Gasteiger partial charge is 0.508 e. The highest BCUT2D eigenvalue weighted by atomic mass is 79.9. The molecule has 2 atom stereocenters. The van der Waals surface area contributed by atoms with Gasteiger partial charge in [0.15, 0.2) is 0 Å². The number of alkyl halides is 1. The minimum absolute atomic E-state index is 0.120. The summed E-state index contributed by atoms with van der Waals surface area (Å²) < 4.78 is 0. The lowest BCUT2D eigenvalue weighted by Gasteiger charge is -2.16. The van der Waals surface area contributed by atoms with Crippen molar-refractivity contribution in [1.82, 2.24) is 0 Å². The predicted molar refractivity (Wildman–Crippen MR) is 57.9 cm³/mol. The van der Waals surface area contributed by atoms with Crippen molar-refractivity contribution in [3.05, 3.63) is 28.8 Å². The van der Waals surface area contributed by atoms with E-state index in [9.17, 15) is 15.3 Å². The first-order valence-electron chi connectivity index (χ1n) is 3.96. The highest BCUT2D eigenvalue weighted by molar-refractivity contribution is 9.09. The van der Waals surface area contributed by atoms with Gasteiger partial charge in [0, 0.05) is 15.9 Å². The molecule has 0 bridgehead atoms. The summed E-state index contributed by atoms with van der Waals surface area (Å²) in [6, 6.07) is 4.34. The zero-order chi connectivity index (χ0) is 10.7. The lowest BCUT2D eigenvalue weighted by Crippen LogP contribution is -2.19. The van der Waals surface area contributed by atoms with Gasteiger partial charge in [-0.05, 0) is 12.1 Å². The molecular formula is C9H10BrClO3. The maximum absolute atomic E-state index is 9.58. The molecule has 2 unspecified atom stereocenters. The number of phenols is 1. The van der Waals surface area contributed by atoms with Gasteiger partial charge in [-0.2, -0.15) is 0 Å². The monoisotopic (exact) mass is 280 g/mol. The zero-order valence-electron chi connectivity index (χ0n) is 7.19. The van der Waals surface area contributed by atoms with Crippen molar-refractivity contribution in [2.75, 3.05) is 5.33 Å². The van der Waals surface area contributed by atoms with Crippen molar-refractivity contribution in [2.24, 2.45) is 0 Å². The zero-order valence-corrected chi connectivity index (χ0v) is 9.53. The van der Waals surface area contributed by atoms with Crippen LogP contribution in [0.2, 0.25) is 5.02 Å². The first-order chi connectivity index (χ1) is 6.56. The SMILES string of the molecule is Oc1cc(Cl)ccc1C(O)C(O)CBr. The molecule has 14 heavy (non-hydrogen) atoms. The summed E-state index contributed by atoms with van der Waals surface area (Å²) in [6.07, 6.45) is -2.08. The van der Waals surface area contributed by atoms with E-state index in [2.05, 4.69) is 15.9 Å². The highest BCUT2D eigenvalue weighted by Gasteiger charge is 2.20. The van der Waals surface area contributed by atoms with Crippen LogP contribution in [0.15, 0.2) is 18.2 Å². The summed E-state index contributed by atoms with van der Waals surface area (Å²) in [5.41, 5.74) is 0.265. The number of aromatic hydroxyl groups is 1. The van der Waals surface area contributed by atoms with Crippen molar-refractivity contribution in [3.8, 4) is 5.75 Å². The molecule has 0 aliphatic carbocycles. The number of halogens is 2. The van der Waals surface area contributed by atoms with E-state index in [0.717, 1.165) is 0 Å². The van der Waals surface area contributed by atoms with E-state index >= 15 is 0 Å². The Hall–Kier alpha value is -0.290. The molecule has 1 aromatic carbocycles. The molecule has 0 radical (unpaired) electrons. The van der Waals surface area contributed by atoms with Crippen molar-refractivity contribution in [2.45, 2.75) is 12.2 Å². The first kappa shape index (κ1) is 11.8. The number of benzene rings is 1. The van der Waals surface area contributed by atoms with E-state index in [-0.39, 0.29) is 16.6 Å². The van der Waals surface area contributed by atoms with E-state index in [0.29, 0.717) is 5.02 Å². The molecule has 3 N–H and O–H groups in total. The van der Waals surface area contributed by atoms with Gasteiger partial charge in [-0.3, -0.25) is 0 Å². The van der Waals surface area contributed by atoms with Crippen LogP contribution in [0, 0.1) is 0 Å². The van der Waals surface area contributed by atoms with Gasteiger partial charge in [0.05, 0.1) is 6.10 Å². The van der Waals surface area contributed by atoms with Crippen LogP contribution in [-0.2, 0) is 0 Å². The maximum Gasteiger partial charge on any atom is 0.122 e. The Morgan fingerprint density at radius 2 is 2.00 bits per heavy atom. The lowest BCUT2D eigenvalue weighted by molar-refractivity contribution is 0.0328. The molecule has 5 heteroatoms. The number of rotatable bonds is 3. The summed E-state index contributed by atoms with van der Waals surface area (Å²) >= 11 is 8.66. The summed E-state index contributed by atoms with van der Waals surface area (Å²) in [5.74, 6) is -0.120. The van der Waals surface area contributed by atoms with E-state index in [1.54, 1.807) is 6.07 Å². The van der Waals surface area contributed by atoms with E-state index < -0.39 is 12.2 Å². The average Bonchev–Trinajstić information content (AvgIpc) is 2.15. The standard InChI is InChI=1S/C9H10BrClO3/c10-4-8(13)9(14)6-2-1-5(11)3-7(6)12/h1-3,8-9,12-14H,4H2. The van der Waals surface area contributed by atoms with Crippen LogP contribution in [0.25, 0.3) is 0 Å². The molecule has 0 fully saturated rings. The number of phenolic OH excluding ortho intramolecular Hbond substituents is 1. The van der Waals surface area contributed by atoms with E-state index in [1.165, 1.54) is 12.1 Å². The van der Waals surface area contributed by atoms with Crippen LogP contribution in [0.5, 0.6) is 5.75 Å². The Labute approximate surface area is 95.1 Å². The van der Waals surface area contributed by atoms with E-state index in [1.807, 2.05) is 0 Å². The van der Waals surface area contributed by atoms with Gasteiger partial charge < -0.3 is 15.3 Å². The van der Waals surface area contributed by atoms with Crippen LogP contribution in [-0.4, -0.2) is 26.8 Å². The molecule has 0 spiro atoms. The fourth-order valence-electron chi connectivity index (χ4n) is 1.06. The fourth-order valence-corrected chi connectivity index (χ4v) is 1.58.